The highest BCUT2D eigenvalue weighted by atomic mass is 16.6. The van der Waals surface area contributed by atoms with Crippen molar-refractivity contribution in [3.05, 3.63) is 35.9 Å². The maximum Gasteiger partial charge on any atom is 0.410 e. The van der Waals surface area contributed by atoms with Crippen molar-refractivity contribution in [3.63, 3.8) is 0 Å². The molecule has 2 amide bonds. The minimum absolute atomic E-state index is 0.0187. The lowest BCUT2D eigenvalue weighted by molar-refractivity contribution is -0.134. The van der Waals surface area contributed by atoms with Crippen LogP contribution in [0.25, 0.3) is 0 Å². The number of amides is 2. The van der Waals surface area contributed by atoms with Gasteiger partial charge in [0.05, 0.1) is 12.1 Å². The molecule has 0 bridgehead atoms. The van der Waals surface area contributed by atoms with Gasteiger partial charge in [0.2, 0.25) is 0 Å². The monoisotopic (exact) mass is 459 g/mol. The van der Waals surface area contributed by atoms with E-state index in [9.17, 15) is 14.4 Å². The summed E-state index contributed by atoms with van der Waals surface area (Å²) < 4.78 is 10.9. The number of benzene rings is 1. The smallest absolute Gasteiger partial charge is 0.410 e. The summed E-state index contributed by atoms with van der Waals surface area (Å²) in [5.74, 6) is -0.0187. The molecule has 0 unspecified atom stereocenters. The zero-order valence-electron chi connectivity index (χ0n) is 20.0. The van der Waals surface area contributed by atoms with E-state index in [4.69, 9.17) is 15.2 Å². The van der Waals surface area contributed by atoms with Gasteiger partial charge in [0, 0.05) is 18.5 Å². The van der Waals surface area contributed by atoms with Gasteiger partial charge in [0.25, 0.3) is 0 Å². The first-order valence-corrected chi connectivity index (χ1v) is 11.8. The first-order valence-electron chi connectivity index (χ1n) is 11.8. The molecule has 0 radical (unpaired) electrons. The Labute approximate surface area is 196 Å². The zero-order chi connectivity index (χ0) is 24.1. The Hall–Kier alpha value is -2.61. The summed E-state index contributed by atoms with van der Waals surface area (Å²) in [6.45, 7) is 5.92. The van der Waals surface area contributed by atoms with Gasteiger partial charge in [-0.05, 0) is 45.6 Å². The van der Waals surface area contributed by atoms with Crippen molar-refractivity contribution in [1.29, 1.82) is 0 Å². The second-order valence-corrected chi connectivity index (χ2v) is 10.2. The Morgan fingerprint density at radius 3 is 2.39 bits per heavy atom. The van der Waals surface area contributed by atoms with Crippen molar-refractivity contribution in [2.75, 3.05) is 13.1 Å². The van der Waals surface area contributed by atoms with Crippen LogP contribution in [0.1, 0.15) is 64.9 Å². The van der Waals surface area contributed by atoms with E-state index < -0.39 is 35.3 Å². The van der Waals surface area contributed by atoms with E-state index in [2.05, 4.69) is 5.32 Å². The third-order valence-corrected chi connectivity index (χ3v) is 6.49. The molecule has 1 aromatic carbocycles. The number of carbonyl (C=O) groups excluding carboxylic acids is 3. The van der Waals surface area contributed by atoms with Crippen molar-refractivity contribution >= 4 is 18.0 Å². The summed E-state index contributed by atoms with van der Waals surface area (Å²) in [6, 6.07) is 8.30. The van der Waals surface area contributed by atoms with Crippen molar-refractivity contribution in [1.82, 2.24) is 10.2 Å². The third-order valence-electron chi connectivity index (χ3n) is 6.49. The van der Waals surface area contributed by atoms with Crippen molar-refractivity contribution in [2.24, 2.45) is 11.1 Å². The highest BCUT2D eigenvalue weighted by molar-refractivity contribution is 5.93. The van der Waals surface area contributed by atoms with Crippen LogP contribution in [-0.4, -0.2) is 53.6 Å². The number of Topliss-reactive ketones (excluding diaryl/α,β-unsaturated/α-hetero) is 1. The molecule has 3 rings (SSSR count). The van der Waals surface area contributed by atoms with E-state index in [1.165, 1.54) is 4.90 Å². The first kappa shape index (κ1) is 25.0. The van der Waals surface area contributed by atoms with Crippen molar-refractivity contribution < 1.29 is 23.9 Å². The van der Waals surface area contributed by atoms with E-state index >= 15 is 0 Å². The number of carbonyl (C=O) groups is 3. The van der Waals surface area contributed by atoms with Crippen LogP contribution < -0.4 is 11.1 Å². The fraction of sp³-hybridized carbons (Fsp3) is 0.640. The molecule has 1 heterocycles. The van der Waals surface area contributed by atoms with E-state index in [0.717, 1.165) is 37.7 Å². The maximum absolute atomic E-state index is 13.7. The largest absolute Gasteiger partial charge is 0.445 e. The molecule has 2 atom stereocenters. The van der Waals surface area contributed by atoms with Gasteiger partial charge in [-0.15, -0.1) is 0 Å². The maximum atomic E-state index is 13.7. The summed E-state index contributed by atoms with van der Waals surface area (Å²) in [4.78, 5) is 40.6. The second kappa shape index (κ2) is 10.5. The Morgan fingerprint density at radius 1 is 1.12 bits per heavy atom. The van der Waals surface area contributed by atoms with Crippen LogP contribution in [0.5, 0.6) is 0 Å². The fourth-order valence-corrected chi connectivity index (χ4v) is 4.80. The molecule has 1 saturated heterocycles. The molecule has 1 aromatic rings. The second-order valence-electron chi connectivity index (χ2n) is 10.2. The minimum atomic E-state index is -0.685. The Balaban J connectivity index is 1.74. The number of ketones is 1. The molecule has 182 valence electrons. The van der Waals surface area contributed by atoms with Gasteiger partial charge in [-0.1, -0.05) is 49.6 Å². The zero-order valence-corrected chi connectivity index (χ0v) is 20.0. The molecule has 0 aromatic heterocycles. The molecule has 8 heteroatoms. The molecule has 0 spiro atoms. The summed E-state index contributed by atoms with van der Waals surface area (Å²) in [7, 11) is 0. The van der Waals surface area contributed by atoms with Crippen LogP contribution in [0.15, 0.2) is 30.3 Å². The summed E-state index contributed by atoms with van der Waals surface area (Å²) in [5, 5.41) is 2.82. The molecular weight excluding hydrogens is 422 g/mol. The van der Waals surface area contributed by atoms with E-state index in [1.54, 1.807) is 20.8 Å². The van der Waals surface area contributed by atoms with Crippen molar-refractivity contribution in [3.8, 4) is 0 Å². The standard InChI is InChI=1S/C25H37N3O5/c1-24(2,3)33-22(30)27-19-14-20(21(29)25(17-26)12-8-5-9-13-25)28(15-19)23(31)32-16-18-10-6-4-7-11-18/h4,6-7,10-11,19-20H,5,8-9,12-17,26H2,1-3H3,(H,27,30)/t19-,20+/m0/s1. The number of nitrogens with zero attached hydrogens (tertiary/aromatic N) is 1. The quantitative estimate of drug-likeness (QED) is 0.670. The predicted octanol–water partition coefficient (Wildman–Crippen LogP) is 3.77. The molecule has 2 aliphatic rings. The molecule has 2 fully saturated rings. The van der Waals surface area contributed by atoms with Crippen LogP contribution in [0.4, 0.5) is 9.59 Å². The van der Waals surface area contributed by atoms with Gasteiger partial charge in [0.1, 0.15) is 12.2 Å². The van der Waals surface area contributed by atoms with Crippen LogP contribution in [0, 0.1) is 5.41 Å². The lowest BCUT2D eigenvalue weighted by Crippen LogP contribution is -2.51. The SMILES string of the molecule is CC(C)(C)OC(=O)N[C@H]1C[C@H](C(=O)C2(CN)CCCCC2)N(C(=O)OCc2ccccc2)C1. The average molecular weight is 460 g/mol. The van der Waals surface area contributed by atoms with Gasteiger partial charge in [-0.3, -0.25) is 9.69 Å². The summed E-state index contributed by atoms with van der Waals surface area (Å²) >= 11 is 0. The van der Waals surface area contributed by atoms with Crippen LogP contribution in [0.2, 0.25) is 0 Å². The topological polar surface area (TPSA) is 111 Å². The summed E-state index contributed by atoms with van der Waals surface area (Å²) in [5.41, 5.74) is 5.70. The third kappa shape index (κ3) is 6.47. The van der Waals surface area contributed by atoms with E-state index in [-0.39, 0.29) is 25.5 Å². The normalized spacial score (nSPS) is 22.5. The molecular formula is C25H37N3O5. The fourth-order valence-electron chi connectivity index (χ4n) is 4.80. The number of hydrogen-bond donors (Lipinski definition) is 2. The van der Waals surface area contributed by atoms with Gasteiger partial charge >= 0.3 is 12.2 Å². The number of nitrogens with one attached hydrogen (secondary N) is 1. The Morgan fingerprint density at radius 2 is 1.79 bits per heavy atom. The van der Waals surface area contributed by atoms with Gasteiger partial charge in [0.15, 0.2) is 5.78 Å². The lowest BCUT2D eigenvalue weighted by Gasteiger charge is -2.38. The molecule has 1 saturated carbocycles. The van der Waals surface area contributed by atoms with E-state index in [1.807, 2.05) is 30.3 Å². The predicted molar refractivity (Wildman–Crippen MR) is 124 cm³/mol. The number of ether oxygens (including phenoxy) is 2. The highest BCUT2D eigenvalue weighted by Gasteiger charge is 2.49. The first-order chi connectivity index (χ1) is 15.6. The average Bonchev–Trinajstić information content (AvgIpc) is 3.20. The summed E-state index contributed by atoms with van der Waals surface area (Å²) in [6.07, 6.45) is 3.65. The number of rotatable bonds is 6. The van der Waals surface area contributed by atoms with Crippen LogP contribution in [-0.2, 0) is 20.9 Å². The number of nitrogens with two attached hydrogens (primary N) is 1. The Bertz CT molecular complexity index is 830. The number of hydrogen-bond acceptors (Lipinski definition) is 6. The van der Waals surface area contributed by atoms with Gasteiger partial charge < -0.3 is 20.5 Å². The minimum Gasteiger partial charge on any atom is -0.445 e. The number of alkyl carbamates (subject to hydrolysis) is 1. The van der Waals surface area contributed by atoms with Gasteiger partial charge in [-0.25, -0.2) is 9.59 Å². The number of likely N-dealkylation sites (tertiary alicyclic amines) is 1. The van der Waals surface area contributed by atoms with Crippen LogP contribution >= 0.6 is 0 Å². The Kier molecular flexibility index (Phi) is 8.00. The lowest BCUT2D eigenvalue weighted by atomic mass is 9.69. The van der Waals surface area contributed by atoms with Gasteiger partial charge in [-0.2, -0.15) is 0 Å². The highest BCUT2D eigenvalue weighted by Crippen LogP contribution is 2.39. The molecule has 8 nitrogen and oxygen atoms in total. The molecule has 33 heavy (non-hydrogen) atoms. The van der Waals surface area contributed by atoms with E-state index in [0.29, 0.717) is 6.42 Å². The van der Waals surface area contributed by atoms with Crippen molar-refractivity contribution in [2.45, 2.75) is 83.6 Å². The molecule has 3 N–H and O–H groups in total. The molecule has 1 aliphatic heterocycles. The molecule has 1 aliphatic carbocycles. The van der Waals surface area contributed by atoms with Crippen LogP contribution in [0.3, 0.4) is 0 Å².